The van der Waals surface area contributed by atoms with Gasteiger partial charge in [0.15, 0.2) is 0 Å². The van der Waals surface area contributed by atoms with E-state index in [0.29, 0.717) is 12.1 Å². The highest BCUT2D eigenvalue weighted by molar-refractivity contribution is 4.82. The summed E-state index contributed by atoms with van der Waals surface area (Å²) in [5.41, 5.74) is 0. The molecule has 18 heavy (non-hydrogen) atoms. The molecule has 0 bridgehead atoms. The number of nitrogens with one attached hydrogen (secondary N) is 1. The van der Waals surface area contributed by atoms with E-state index in [9.17, 15) is 0 Å². The zero-order valence-corrected chi connectivity index (χ0v) is 12.3. The zero-order chi connectivity index (χ0) is 13.2. The summed E-state index contributed by atoms with van der Waals surface area (Å²) in [6.45, 7) is 7.26. The van der Waals surface area contributed by atoms with Crippen molar-refractivity contribution in [1.82, 2.24) is 10.2 Å². The quantitative estimate of drug-likeness (QED) is 0.636. The van der Waals surface area contributed by atoms with Crippen LogP contribution < -0.4 is 5.32 Å². The first-order valence-corrected chi connectivity index (χ1v) is 7.24. The molecule has 0 saturated carbocycles. The van der Waals surface area contributed by atoms with Crippen LogP contribution in [0, 0.1) is 0 Å². The smallest absolute Gasteiger partial charge is 0.0587 e. The fourth-order valence-electron chi connectivity index (χ4n) is 2.72. The van der Waals surface area contributed by atoms with E-state index in [1.54, 1.807) is 14.2 Å². The third-order valence-electron chi connectivity index (χ3n) is 3.84. The zero-order valence-electron chi connectivity index (χ0n) is 12.3. The van der Waals surface area contributed by atoms with E-state index in [2.05, 4.69) is 17.1 Å². The van der Waals surface area contributed by atoms with Gasteiger partial charge in [-0.3, -0.25) is 4.90 Å². The van der Waals surface area contributed by atoms with Crippen LogP contribution in [0.2, 0.25) is 0 Å². The molecule has 1 rings (SSSR count). The van der Waals surface area contributed by atoms with E-state index < -0.39 is 0 Å². The first-order chi connectivity index (χ1) is 8.79. The lowest BCUT2D eigenvalue weighted by atomic mass is 9.99. The number of ether oxygens (including phenoxy) is 2. The summed E-state index contributed by atoms with van der Waals surface area (Å²) in [6, 6.07) is 1.31. The summed E-state index contributed by atoms with van der Waals surface area (Å²) in [7, 11) is 3.54. The number of methoxy groups -OCH3 is 2. The number of rotatable bonds is 9. The summed E-state index contributed by atoms with van der Waals surface area (Å²) in [5.74, 6) is 0. The van der Waals surface area contributed by atoms with Crippen LogP contribution in [-0.2, 0) is 9.47 Å². The molecule has 4 heteroatoms. The van der Waals surface area contributed by atoms with Crippen molar-refractivity contribution >= 4 is 0 Å². The van der Waals surface area contributed by atoms with E-state index in [1.807, 2.05) is 0 Å². The number of likely N-dealkylation sites (tertiary alicyclic amines) is 1. The van der Waals surface area contributed by atoms with Crippen LogP contribution in [0.4, 0.5) is 0 Å². The summed E-state index contributed by atoms with van der Waals surface area (Å²) < 4.78 is 10.3. The van der Waals surface area contributed by atoms with E-state index in [0.717, 1.165) is 32.7 Å². The van der Waals surface area contributed by atoms with Crippen LogP contribution in [0.25, 0.3) is 0 Å². The average molecular weight is 258 g/mol. The molecule has 1 saturated heterocycles. The predicted octanol–water partition coefficient (Wildman–Crippen LogP) is 1.50. The van der Waals surface area contributed by atoms with Crippen molar-refractivity contribution in [3.05, 3.63) is 0 Å². The van der Waals surface area contributed by atoms with Gasteiger partial charge in [-0.25, -0.2) is 0 Å². The van der Waals surface area contributed by atoms with Crippen LogP contribution in [0.5, 0.6) is 0 Å². The molecular weight excluding hydrogens is 228 g/mol. The van der Waals surface area contributed by atoms with Gasteiger partial charge in [-0.2, -0.15) is 0 Å². The van der Waals surface area contributed by atoms with Gasteiger partial charge in [0, 0.05) is 46.0 Å². The first kappa shape index (κ1) is 15.9. The van der Waals surface area contributed by atoms with Crippen molar-refractivity contribution in [2.45, 2.75) is 44.7 Å². The highest BCUT2D eigenvalue weighted by Gasteiger charge is 2.25. The van der Waals surface area contributed by atoms with Gasteiger partial charge in [-0.05, 0) is 32.7 Å². The molecule has 4 nitrogen and oxygen atoms in total. The average Bonchev–Trinajstić information content (AvgIpc) is 2.41. The lowest BCUT2D eigenvalue weighted by Gasteiger charge is -2.40. The molecule has 0 aromatic carbocycles. The fourth-order valence-corrected chi connectivity index (χ4v) is 2.72. The Hall–Kier alpha value is -0.160. The van der Waals surface area contributed by atoms with Gasteiger partial charge in [-0.15, -0.1) is 0 Å². The molecule has 0 amide bonds. The fraction of sp³-hybridized carbons (Fsp3) is 1.00. The Labute approximate surface area is 112 Å². The number of hydrogen-bond donors (Lipinski definition) is 1. The third kappa shape index (κ3) is 5.65. The molecule has 2 unspecified atom stereocenters. The Morgan fingerprint density at radius 2 is 2.00 bits per heavy atom. The van der Waals surface area contributed by atoms with Crippen molar-refractivity contribution in [2.24, 2.45) is 0 Å². The van der Waals surface area contributed by atoms with E-state index in [1.165, 1.54) is 25.8 Å². The molecule has 2 atom stereocenters. The standard InChI is InChI=1S/C14H30N2O2/c1-13(7-10-17-2)16-9-5-4-6-14(16)12-15-8-11-18-3/h13-15H,4-12H2,1-3H3. The van der Waals surface area contributed by atoms with Crippen LogP contribution in [0.1, 0.15) is 32.6 Å². The normalized spacial score (nSPS) is 23.2. The monoisotopic (exact) mass is 258 g/mol. The molecule has 0 radical (unpaired) electrons. The maximum Gasteiger partial charge on any atom is 0.0587 e. The number of nitrogens with zero attached hydrogens (tertiary/aromatic N) is 1. The van der Waals surface area contributed by atoms with Crippen LogP contribution in [0.15, 0.2) is 0 Å². The molecule has 1 aliphatic rings. The van der Waals surface area contributed by atoms with Crippen LogP contribution in [-0.4, -0.2) is 64.1 Å². The Morgan fingerprint density at radius 3 is 2.72 bits per heavy atom. The minimum absolute atomic E-state index is 0.625. The lowest BCUT2D eigenvalue weighted by molar-refractivity contribution is 0.0764. The molecular formula is C14H30N2O2. The molecule has 0 aromatic heterocycles. The van der Waals surface area contributed by atoms with Crippen molar-refractivity contribution in [1.29, 1.82) is 0 Å². The van der Waals surface area contributed by atoms with Crippen molar-refractivity contribution in [3.8, 4) is 0 Å². The minimum atomic E-state index is 0.625. The maximum atomic E-state index is 5.19. The molecule has 0 spiro atoms. The van der Waals surface area contributed by atoms with Crippen molar-refractivity contribution in [2.75, 3.05) is 47.1 Å². The number of hydrogen-bond acceptors (Lipinski definition) is 4. The molecule has 1 fully saturated rings. The first-order valence-electron chi connectivity index (χ1n) is 7.24. The van der Waals surface area contributed by atoms with Gasteiger partial charge in [-0.1, -0.05) is 6.42 Å². The summed E-state index contributed by atoms with van der Waals surface area (Å²) in [6.07, 6.45) is 5.15. The van der Waals surface area contributed by atoms with Crippen LogP contribution >= 0.6 is 0 Å². The molecule has 1 heterocycles. The van der Waals surface area contributed by atoms with Crippen LogP contribution in [0.3, 0.4) is 0 Å². The highest BCUT2D eigenvalue weighted by Crippen LogP contribution is 2.20. The Morgan fingerprint density at radius 1 is 1.22 bits per heavy atom. The van der Waals surface area contributed by atoms with E-state index in [-0.39, 0.29) is 0 Å². The van der Waals surface area contributed by atoms with Gasteiger partial charge in [0.1, 0.15) is 0 Å². The van der Waals surface area contributed by atoms with E-state index in [4.69, 9.17) is 9.47 Å². The van der Waals surface area contributed by atoms with Gasteiger partial charge in [0.05, 0.1) is 6.61 Å². The molecule has 1 N–H and O–H groups in total. The summed E-state index contributed by atoms with van der Waals surface area (Å²) >= 11 is 0. The summed E-state index contributed by atoms with van der Waals surface area (Å²) in [4.78, 5) is 2.66. The van der Waals surface area contributed by atoms with Gasteiger partial charge in [0.25, 0.3) is 0 Å². The van der Waals surface area contributed by atoms with Crippen molar-refractivity contribution in [3.63, 3.8) is 0 Å². The second-order valence-corrected chi connectivity index (χ2v) is 5.21. The molecule has 0 aliphatic carbocycles. The maximum absolute atomic E-state index is 5.19. The SMILES string of the molecule is COCCNCC1CCCCN1C(C)CCOC. The Balaban J connectivity index is 2.31. The second kappa shape index (κ2) is 9.73. The van der Waals surface area contributed by atoms with Crippen molar-refractivity contribution < 1.29 is 9.47 Å². The highest BCUT2D eigenvalue weighted by atomic mass is 16.5. The Bertz CT molecular complexity index is 202. The third-order valence-corrected chi connectivity index (χ3v) is 3.84. The Kier molecular flexibility index (Phi) is 8.59. The lowest BCUT2D eigenvalue weighted by Crippen LogP contribution is -2.50. The molecule has 1 aliphatic heterocycles. The van der Waals surface area contributed by atoms with Gasteiger partial charge < -0.3 is 14.8 Å². The van der Waals surface area contributed by atoms with Gasteiger partial charge >= 0.3 is 0 Å². The largest absolute Gasteiger partial charge is 0.385 e. The molecule has 108 valence electrons. The van der Waals surface area contributed by atoms with E-state index >= 15 is 0 Å². The minimum Gasteiger partial charge on any atom is -0.385 e. The second-order valence-electron chi connectivity index (χ2n) is 5.21. The molecule has 0 aromatic rings. The summed E-state index contributed by atoms with van der Waals surface area (Å²) in [5, 5.41) is 3.50. The number of piperidine rings is 1. The predicted molar refractivity (Wildman–Crippen MR) is 75.0 cm³/mol. The van der Waals surface area contributed by atoms with Gasteiger partial charge in [0.2, 0.25) is 0 Å². The topological polar surface area (TPSA) is 33.7 Å².